The minimum Gasteiger partial charge on any atom is -0.386 e. The zero-order chi connectivity index (χ0) is 30.1. The SMILES string of the molecule is NC1N=CNc2c1ncn2[C@@H]1O[C@@H]2COP(=O)(O)O[C@@H]3C[C@@H](COP(=O)(O)O[C@H]2[C@H]1O)O[C@H]3n1cnc2c(=O)[nH]cnc21. The van der Waals surface area contributed by atoms with Crippen molar-refractivity contribution in [3.63, 3.8) is 0 Å². The van der Waals surface area contributed by atoms with Crippen molar-refractivity contribution in [2.75, 3.05) is 18.5 Å². The van der Waals surface area contributed by atoms with Gasteiger partial charge >= 0.3 is 15.6 Å². The molecular formula is C20H25N9O12P2. The Labute approximate surface area is 239 Å². The van der Waals surface area contributed by atoms with Crippen LogP contribution in [0.1, 0.15) is 30.7 Å². The standard InChI is InChI=1S/C20H25N9O12P2/c21-15-11-16(23-4-22-15)29(6-26-11)20-13(30)14-10(39-20)3-37-42(32,33)40-9-1-8(2-36-43(34,35)41-14)38-19(9)28-7-27-12-17(28)24-5-25-18(12)31/h4-10,13-15,19-20,30H,1-3,21H2,(H,22,23)(H,32,33)(H,34,35)(H,24,25,31)/t8-,9+,10+,13+,14+,15?,19+,20+/m0/s1. The minimum atomic E-state index is -4.89. The van der Waals surface area contributed by atoms with Crippen LogP contribution in [0.15, 0.2) is 28.8 Å². The fourth-order valence-corrected chi connectivity index (χ4v) is 7.25. The molecule has 3 saturated heterocycles. The molecule has 0 aliphatic carbocycles. The molecule has 232 valence electrons. The number of hydrogen-bond donors (Lipinski definition) is 6. The van der Waals surface area contributed by atoms with Crippen LogP contribution in [-0.2, 0) is 36.7 Å². The number of imidazole rings is 2. The summed E-state index contributed by atoms with van der Waals surface area (Å²) in [5.74, 6) is 0.337. The molecule has 4 aliphatic heterocycles. The molecule has 7 N–H and O–H groups in total. The lowest BCUT2D eigenvalue weighted by Crippen LogP contribution is -2.36. The Bertz CT molecular complexity index is 1730. The fourth-order valence-electron chi connectivity index (χ4n) is 5.34. The summed E-state index contributed by atoms with van der Waals surface area (Å²) in [7, 11) is -9.76. The topological polar surface area (TPSA) is 282 Å². The van der Waals surface area contributed by atoms with E-state index in [9.17, 15) is 28.8 Å². The third-order valence-electron chi connectivity index (χ3n) is 7.26. The van der Waals surface area contributed by atoms with Crippen molar-refractivity contribution in [2.45, 2.75) is 55.6 Å². The normalized spacial score (nSPS) is 39.8. The highest BCUT2D eigenvalue weighted by Crippen LogP contribution is 2.53. The highest BCUT2D eigenvalue weighted by atomic mass is 31.2. The van der Waals surface area contributed by atoms with Gasteiger partial charge in [-0.1, -0.05) is 0 Å². The number of phosphoric acid groups is 2. The number of aromatic nitrogens is 6. The van der Waals surface area contributed by atoms with Crippen molar-refractivity contribution in [3.8, 4) is 0 Å². The number of nitrogens with one attached hydrogen (secondary N) is 2. The molecule has 43 heavy (non-hydrogen) atoms. The molecule has 3 aromatic rings. The number of phosphoric ester groups is 2. The van der Waals surface area contributed by atoms with E-state index in [1.165, 1.54) is 28.1 Å². The Hall–Kier alpha value is -2.91. The first-order valence-corrected chi connectivity index (χ1v) is 15.8. The Kier molecular flexibility index (Phi) is 7.12. The molecule has 0 saturated carbocycles. The Morgan fingerprint density at radius 1 is 0.977 bits per heavy atom. The molecule has 21 nitrogen and oxygen atoms in total. The predicted molar refractivity (Wildman–Crippen MR) is 139 cm³/mol. The zero-order valence-corrected chi connectivity index (χ0v) is 23.5. The minimum absolute atomic E-state index is 0.0168. The van der Waals surface area contributed by atoms with Crippen molar-refractivity contribution in [1.82, 2.24) is 29.1 Å². The summed E-state index contributed by atoms with van der Waals surface area (Å²) in [6.45, 7) is -1.24. The number of H-pyrrole nitrogens is 1. The molecule has 7 heterocycles. The highest BCUT2D eigenvalue weighted by molar-refractivity contribution is 7.47. The number of fused-ring (bicyclic) bond motifs is 5. The van der Waals surface area contributed by atoms with Gasteiger partial charge in [-0.15, -0.1) is 0 Å². The quantitative estimate of drug-likeness (QED) is 0.182. The van der Waals surface area contributed by atoms with Crippen LogP contribution in [0.4, 0.5) is 5.82 Å². The van der Waals surface area contributed by atoms with E-state index >= 15 is 0 Å². The van der Waals surface area contributed by atoms with E-state index < -0.39 is 83.6 Å². The number of nitrogens with zero attached hydrogens (tertiary/aromatic N) is 6. The monoisotopic (exact) mass is 645 g/mol. The lowest BCUT2D eigenvalue weighted by Gasteiger charge is -2.25. The molecule has 0 aromatic carbocycles. The number of aliphatic hydroxyl groups is 1. The molecule has 10 atom stereocenters. The van der Waals surface area contributed by atoms with Gasteiger partial charge < -0.3 is 40.4 Å². The molecule has 23 heteroatoms. The maximum absolute atomic E-state index is 13.1. The molecule has 0 spiro atoms. The number of rotatable bonds is 2. The van der Waals surface area contributed by atoms with Crippen molar-refractivity contribution in [2.24, 2.45) is 10.7 Å². The van der Waals surface area contributed by atoms with Crippen LogP contribution in [-0.4, -0.2) is 94.0 Å². The van der Waals surface area contributed by atoms with E-state index in [2.05, 4.69) is 30.2 Å². The molecule has 3 fully saturated rings. The number of hydrogen-bond acceptors (Lipinski definition) is 16. The summed E-state index contributed by atoms with van der Waals surface area (Å²) in [5, 5.41) is 14.0. The molecular weight excluding hydrogens is 620 g/mol. The largest absolute Gasteiger partial charge is 0.472 e. The van der Waals surface area contributed by atoms with Gasteiger partial charge in [0.05, 0.1) is 44.6 Å². The lowest BCUT2D eigenvalue weighted by atomic mass is 10.1. The molecule has 3 unspecified atom stereocenters. The van der Waals surface area contributed by atoms with Crippen LogP contribution in [0.2, 0.25) is 0 Å². The van der Waals surface area contributed by atoms with Gasteiger partial charge in [-0.05, 0) is 0 Å². The lowest BCUT2D eigenvalue weighted by molar-refractivity contribution is -0.0672. The summed E-state index contributed by atoms with van der Waals surface area (Å²) in [6.07, 6.45) is -4.96. The van der Waals surface area contributed by atoms with Crippen molar-refractivity contribution in [1.29, 1.82) is 0 Å². The van der Waals surface area contributed by atoms with E-state index in [0.29, 0.717) is 11.5 Å². The third kappa shape index (κ3) is 5.26. The summed E-state index contributed by atoms with van der Waals surface area (Å²) in [5.41, 5.74) is 5.84. The van der Waals surface area contributed by atoms with Crippen LogP contribution in [0.25, 0.3) is 11.2 Å². The highest BCUT2D eigenvalue weighted by Gasteiger charge is 2.52. The zero-order valence-electron chi connectivity index (χ0n) is 21.7. The first-order chi connectivity index (χ1) is 20.5. The Balaban J connectivity index is 1.17. The van der Waals surface area contributed by atoms with Gasteiger partial charge in [0.15, 0.2) is 23.6 Å². The molecule has 7 rings (SSSR count). The molecule has 2 bridgehead atoms. The maximum atomic E-state index is 13.1. The summed E-state index contributed by atoms with van der Waals surface area (Å²) in [4.78, 5) is 52.0. The van der Waals surface area contributed by atoms with Gasteiger partial charge in [-0.2, -0.15) is 0 Å². The van der Waals surface area contributed by atoms with E-state index in [4.69, 9.17) is 33.3 Å². The van der Waals surface area contributed by atoms with Crippen molar-refractivity contribution >= 4 is 39.0 Å². The van der Waals surface area contributed by atoms with Crippen LogP contribution < -0.4 is 16.6 Å². The van der Waals surface area contributed by atoms with Crippen LogP contribution >= 0.6 is 15.6 Å². The van der Waals surface area contributed by atoms with Gasteiger partial charge in [0.25, 0.3) is 5.56 Å². The van der Waals surface area contributed by atoms with Crippen LogP contribution in [0, 0.1) is 0 Å². The number of nitrogens with two attached hydrogens (primary N) is 1. The first-order valence-electron chi connectivity index (χ1n) is 12.8. The maximum Gasteiger partial charge on any atom is 0.472 e. The van der Waals surface area contributed by atoms with E-state index in [1.54, 1.807) is 0 Å². The number of aliphatic hydroxyl groups excluding tert-OH is 1. The van der Waals surface area contributed by atoms with Crippen LogP contribution in [0.5, 0.6) is 0 Å². The number of aromatic amines is 1. The van der Waals surface area contributed by atoms with Crippen molar-refractivity contribution < 1.29 is 51.6 Å². The predicted octanol–water partition coefficient (Wildman–Crippen LogP) is -1.01. The number of anilines is 1. The second-order valence-electron chi connectivity index (χ2n) is 9.99. The smallest absolute Gasteiger partial charge is 0.386 e. The number of ether oxygens (including phenoxy) is 2. The van der Waals surface area contributed by atoms with Gasteiger partial charge in [-0.25, -0.2) is 24.1 Å². The van der Waals surface area contributed by atoms with Gasteiger partial charge in [-0.3, -0.25) is 37.0 Å². The third-order valence-corrected chi connectivity index (χ3v) is 9.25. The number of aliphatic imine (C=N–C) groups is 1. The van der Waals surface area contributed by atoms with Gasteiger partial charge in [0.1, 0.15) is 42.1 Å². The van der Waals surface area contributed by atoms with E-state index in [0.717, 1.165) is 6.33 Å². The van der Waals surface area contributed by atoms with E-state index in [-0.39, 0.29) is 17.6 Å². The summed E-state index contributed by atoms with van der Waals surface area (Å²) < 4.78 is 61.9. The molecule has 3 aromatic heterocycles. The second kappa shape index (κ2) is 10.6. The van der Waals surface area contributed by atoms with Gasteiger partial charge in [0.2, 0.25) is 0 Å². The molecule has 0 radical (unpaired) electrons. The second-order valence-corrected chi connectivity index (χ2v) is 12.8. The molecule has 4 aliphatic rings. The Morgan fingerprint density at radius 3 is 2.58 bits per heavy atom. The Morgan fingerprint density at radius 2 is 1.74 bits per heavy atom. The van der Waals surface area contributed by atoms with E-state index in [1.807, 2.05) is 0 Å². The summed E-state index contributed by atoms with van der Waals surface area (Å²) >= 11 is 0. The van der Waals surface area contributed by atoms with Crippen molar-refractivity contribution in [3.05, 3.63) is 35.0 Å². The first kappa shape index (κ1) is 28.8. The fraction of sp³-hybridized carbons (Fsp3) is 0.550. The van der Waals surface area contributed by atoms with Gasteiger partial charge in [0, 0.05) is 6.42 Å². The molecule has 0 amide bonds. The average Bonchev–Trinajstić information content (AvgIpc) is 3.72. The average molecular weight is 645 g/mol. The van der Waals surface area contributed by atoms with Crippen LogP contribution in [0.3, 0.4) is 0 Å². The summed E-state index contributed by atoms with van der Waals surface area (Å²) in [6, 6.07) is 0.